The molecule has 0 aromatic heterocycles. The van der Waals surface area contributed by atoms with Crippen molar-refractivity contribution in [3.8, 4) is 0 Å². The molecule has 1 N–H and O–H groups in total. The van der Waals surface area contributed by atoms with Gasteiger partial charge in [-0.2, -0.15) is 0 Å². The molecule has 0 saturated heterocycles. The Labute approximate surface area is 102 Å². The fraction of sp³-hybridized carbons (Fsp3) is 0.417. The molecule has 0 aliphatic carbocycles. The average Bonchev–Trinajstić information content (AvgIpc) is 2.25. The van der Waals surface area contributed by atoms with Gasteiger partial charge in [-0.25, -0.2) is 8.42 Å². The monoisotopic (exact) mass is 255 g/mol. The quantitative estimate of drug-likeness (QED) is 0.508. The van der Waals surface area contributed by atoms with E-state index < -0.39 is 15.1 Å². The number of hydrogen-bond acceptors (Lipinski definition) is 4. The van der Waals surface area contributed by atoms with Crippen molar-refractivity contribution < 1.29 is 13.6 Å². The molecule has 0 heterocycles. The molecule has 0 fully saturated rings. The summed E-state index contributed by atoms with van der Waals surface area (Å²) in [4.78, 5) is 0. The lowest BCUT2D eigenvalue weighted by Crippen LogP contribution is -2.29. The van der Waals surface area contributed by atoms with E-state index in [2.05, 4.69) is 5.16 Å². The Morgan fingerprint density at radius 1 is 1.35 bits per heavy atom. The number of rotatable bonds is 4. The van der Waals surface area contributed by atoms with Crippen LogP contribution in [0.5, 0.6) is 0 Å². The maximum absolute atomic E-state index is 11.6. The lowest BCUT2D eigenvalue weighted by atomic mass is 10.0. The van der Waals surface area contributed by atoms with E-state index in [0.717, 1.165) is 11.8 Å². The Bertz CT molecular complexity index is 503. The normalized spacial score (nSPS) is 14.6. The molecular weight excluding hydrogens is 238 g/mol. The maximum Gasteiger partial charge on any atom is 0.156 e. The van der Waals surface area contributed by atoms with Crippen molar-refractivity contribution in [3.05, 3.63) is 35.4 Å². The zero-order valence-corrected chi connectivity index (χ0v) is 11.0. The van der Waals surface area contributed by atoms with Gasteiger partial charge in [0.2, 0.25) is 0 Å². The highest BCUT2D eigenvalue weighted by atomic mass is 32.2. The molecule has 1 aromatic carbocycles. The number of oxime groups is 1. The third-order valence-corrected chi connectivity index (χ3v) is 4.24. The summed E-state index contributed by atoms with van der Waals surface area (Å²) < 4.78 is 23.2. The number of benzene rings is 1. The van der Waals surface area contributed by atoms with E-state index in [4.69, 9.17) is 5.21 Å². The van der Waals surface area contributed by atoms with Gasteiger partial charge in [0, 0.05) is 11.8 Å². The molecule has 0 unspecified atom stereocenters. The van der Waals surface area contributed by atoms with Gasteiger partial charge < -0.3 is 5.21 Å². The van der Waals surface area contributed by atoms with E-state index in [-0.39, 0.29) is 5.71 Å². The van der Waals surface area contributed by atoms with Crippen LogP contribution in [0.15, 0.2) is 29.4 Å². The second kappa shape index (κ2) is 5.31. The minimum Gasteiger partial charge on any atom is -0.411 e. The summed E-state index contributed by atoms with van der Waals surface area (Å²) in [6, 6.07) is 7.24. The summed E-state index contributed by atoms with van der Waals surface area (Å²) in [6.07, 6.45) is 1.53. The first kappa shape index (κ1) is 13.7. The van der Waals surface area contributed by atoms with Crippen LogP contribution in [-0.2, 0) is 9.84 Å². The molecule has 5 heteroatoms. The minimum absolute atomic E-state index is 0.204. The fourth-order valence-electron chi connectivity index (χ4n) is 1.73. The maximum atomic E-state index is 11.6. The Hall–Kier alpha value is -1.36. The SMILES string of the molecule is CC[C@@H](/C(=N\O)c1ccc(C)cc1)S(C)(=O)=O. The first-order valence-corrected chi connectivity index (χ1v) is 7.33. The smallest absolute Gasteiger partial charge is 0.156 e. The van der Waals surface area contributed by atoms with Gasteiger partial charge in [-0.05, 0) is 13.3 Å². The lowest BCUT2D eigenvalue weighted by Gasteiger charge is -2.14. The molecule has 0 bridgehead atoms. The fourth-order valence-corrected chi connectivity index (χ4v) is 2.93. The number of hydrogen-bond donors (Lipinski definition) is 1. The molecule has 0 amide bonds. The topological polar surface area (TPSA) is 66.7 Å². The largest absolute Gasteiger partial charge is 0.411 e. The zero-order chi connectivity index (χ0) is 13.1. The number of nitrogens with zero attached hydrogens (tertiary/aromatic N) is 1. The van der Waals surface area contributed by atoms with Crippen molar-refractivity contribution in [2.24, 2.45) is 5.16 Å². The summed E-state index contributed by atoms with van der Waals surface area (Å²) in [5.41, 5.74) is 1.91. The molecule has 1 aromatic rings. The summed E-state index contributed by atoms with van der Waals surface area (Å²) in [5, 5.41) is 11.4. The summed E-state index contributed by atoms with van der Waals surface area (Å²) in [7, 11) is -3.28. The third kappa shape index (κ3) is 3.30. The Morgan fingerprint density at radius 3 is 2.24 bits per heavy atom. The van der Waals surface area contributed by atoms with Crippen molar-refractivity contribution in [2.75, 3.05) is 6.26 Å². The van der Waals surface area contributed by atoms with Gasteiger partial charge in [0.05, 0.1) is 0 Å². The van der Waals surface area contributed by atoms with E-state index in [9.17, 15) is 8.42 Å². The number of sulfone groups is 1. The predicted molar refractivity (Wildman–Crippen MR) is 68.4 cm³/mol. The molecule has 0 saturated carbocycles. The lowest BCUT2D eigenvalue weighted by molar-refractivity contribution is 0.318. The van der Waals surface area contributed by atoms with Gasteiger partial charge in [-0.3, -0.25) is 0 Å². The molecule has 0 aliphatic rings. The molecule has 17 heavy (non-hydrogen) atoms. The first-order valence-electron chi connectivity index (χ1n) is 5.38. The highest BCUT2D eigenvalue weighted by Crippen LogP contribution is 2.14. The molecule has 0 radical (unpaired) electrons. The van der Waals surface area contributed by atoms with Gasteiger partial charge in [-0.1, -0.05) is 41.9 Å². The van der Waals surface area contributed by atoms with E-state index in [1.54, 1.807) is 19.1 Å². The van der Waals surface area contributed by atoms with Gasteiger partial charge in [0.25, 0.3) is 0 Å². The second-order valence-corrected chi connectivity index (χ2v) is 6.31. The molecule has 1 atom stereocenters. The highest BCUT2D eigenvalue weighted by Gasteiger charge is 2.26. The van der Waals surface area contributed by atoms with Crippen LogP contribution < -0.4 is 0 Å². The van der Waals surface area contributed by atoms with E-state index in [1.807, 2.05) is 19.1 Å². The highest BCUT2D eigenvalue weighted by molar-refractivity contribution is 7.92. The van der Waals surface area contributed by atoms with Gasteiger partial charge in [-0.15, -0.1) is 0 Å². The van der Waals surface area contributed by atoms with Crippen LogP contribution in [0.1, 0.15) is 24.5 Å². The Kier molecular flexibility index (Phi) is 4.28. The van der Waals surface area contributed by atoms with Crippen molar-refractivity contribution in [1.82, 2.24) is 0 Å². The van der Waals surface area contributed by atoms with Crippen LogP contribution in [0.4, 0.5) is 0 Å². The van der Waals surface area contributed by atoms with Gasteiger partial charge >= 0.3 is 0 Å². The van der Waals surface area contributed by atoms with Gasteiger partial charge in [0.1, 0.15) is 11.0 Å². The van der Waals surface area contributed by atoms with Crippen LogP contribution in [-0.4, -0.2) is 30.8 Å². The minimum atomic E-state index is -3.28. The molecule has 94 valence electrons. The Morgan fingerprint density at radius 2 is 1.88 bits per heavy atom. The number of aryl methyl sites for hydroxylation is 1. The van der Waals surface area contributed by atoms with Crippen molar-refractivity contribution in [1.29, 1.82) is 0 Å². The van der Waals surface area contributed by atoms with E-state index in [1.165, 1.54) is 0 Å². The van der Waals surface area contributed by atoms with Crippen molar-refractivity contribution >= 4 is 15.5 Å². The molecular formula is C12H17NO3S. The van der Waals surface area contributed by atoms with E-state index >= 15 is 0 Å². The standard InChI is InChI=1S/C12H17NO3S/c1-4-11(17(3,15)16)12(13-14)10-7-5-9(2)6-8-10/h5-8,11,14H,4H2,1-3H3/b13-12-/t11-/m0/s1. The second-order valence-electron chi connectivity index (χ2n) is 4.08. The molecule has 4 nitrogen and oxygen atoms in total. The van der Waals surface area contributed by atoms with Crippen molar-refractivity contribution in [3.63, 3.8) is 0 Å². The summed E-state index contributed by atoms with van der Waals surface area (Å²) in [5.74, 6) is 0. The van der Waals surface area contributed by atoms with Crippen LogP contribution in [0.3, 0.4) is 0 Å². The summed E-state index contributed by atoms with van der Waals surface area (Å²) >= 11 is 0. The first-order chi connectivity index (χ1) is 7.90. The average molecular weight is 255 g/mol. The molecule has 1 rings (SSSR count). The summed E-state index contributed by atoms with van der Waals surface area (Å²) in [6.45, 7) is 3.69. The van der Waals surface area contributed by atoms with Crippen LogP contribution in [0.25, 0.3) is 0 Å². The van der Waals surface area contributed by atoms with Crippen LogP contribution in [0, 0.1) is 6.92 Å². The van der Waals surface area contributed by atoms with Crippen LogP contribution >= 0.6 is 0 Å². The van der Waals surface area contributed by atoms with Gasteiger partial charge in [0.15, 0.2) is 9.84 Å². The van der Waals surface area contributed by atoms with Crippen LogP contribution in [0.2, 0.25) is 0 Å². The zero-order valence-electron chi connectivity index (χ0n) is 10.2. The predicted octanol–water partition coefficient (Wildman–Crippen LogP) is 2.00. The van der Waals surface area contributed by atoms with E-state index in [0.29, 0.717) is 12.0 Å². The van der Waals surface area contributed by atoms with Crippen molar-refractivity contribution in [2.45, 2.75) is 25.5 Å². The third-order valence-electron chi connectivity index (χ3n) is 2.65. The Balaban J connectivity index is 3.20. The molecule has 0 aliphatic heterocycles. The molecule has 0 spiro atoms.